The molecule has 0 aliphatic rings. The van der Waals surface area contributed by atoms with Crippen molar-refractivity contribution in [3.05, 3.63) is 87.9 Å². The molecule has 1 heterocycles. The lowest BCUT2D eigenvalue weighted by Crippen LogP contribution is -2.12. The molecule has 4 aromatic rings. The maximum absolute atomic E-state index is 12.9. The fourth-order valence-electron chi connectivity index (χ4n) is 2.96. The number of nitrogens with zero attached hydrogens (tertiary/aromatic N) is 1. The number of hydrogen-bond acceptors (Lipinski definition) is 4. The summed E-state index contributed by atoms with van der Waals surface area (Å²) >= 11 is 7.61. The van der Waals surface area contributed by atoms with Crippen molar-refractivity contribution in [3.63, 3.8) is 0 Å². The number of sulfonamides is 1. The summed E-state index contributed by atoms with van der Waals surface area (Å²) < 4.78 is 66.7. The lowest BCUT2D eigenvalue weighted by Gasteiger charge is -2.10. The number of benzene rings is 3. The standard InChI is InChI=1S/C21H14ClF3N2O2S2/c22-17-12-15(27-31(28,29)16-4-2-1-3-5-16)8-6-13(17)10-20-26-18-11-14(21(23,24)25)7-9-19(18)30-20/h1-9,11-12,27H,10H2. The van der Waals surface area contributed by atoms with E-state index in [4.69, 9.17) is 11.6 Å². The zero-order chi connectivity index (χ0) is 22.2. The highest BCUT2D eigenvalue weighted by atomic mass is 35.5. The smallest absolute Gasteiger partial charge is 0.280 e. The summed E-state index contributed by atoms with van der Waals surface area (Å²) in [7, 11) is -3.75. The summed E-state index contributed by atoms with van der Waals surface area (Å²) in [6.07, 6.45) is -4.12. The molecule has 0 spiro atoms. The van der Waals surface area contributed by atoms with E-state index in [0.717, 1.165) is 12.1 Å². The molecule has 0 unspecified atom stereocenters. The Morgan fingerprint density at radius 2 is 1.74 bits per heavy atom. The lowest BCUT2D eigenvalue weighted by atomic mass is 10.1. The van der Waals surface area contributed by atoms with Gasteiger partial charge >= 0.3 is 6.18 Å². The molecule has 10 heteroatoms. The maximum atomic E-state index is 12.9. The number of halogens is 4. The van der Waals surface area contributed by atoms with Gasteiger partial charge in [-0.25, -0.2) is 13.4 Å². The van der Waals surface area contributed by atoms with Crippen LogP contribution in [0.1, 0.15) is 16.1 Å². The summed E-state index contributed by atoms with van der Waals surface area (Å²) in [6.45, 7) is 0. The lowest BCUT2D eigenvalue weighted by molar-refractivity contribution is -0.137. The summed E-state index contributed by atoms with van der Waals surface area (Å²) in [5, 5.41) is 0.928. The fraction of sp³-hybridized carbons (Fsp3) is 0.0952. The van der Waals surface area contributed by atoms with Crippen molar-refractivity contribution >= 4 is 48.9 Å². The Kier molecular flexibility index (Phi) is 5.67. The Morgan fingerprint density at radius 3 is 2.42 bits per heavy atom. The third kappa shape index (κ3) is 4.84. The van der Waals surface area contributed by atoms with E-state index in [1.807, 2.05) is 0 Å². The SMILES string of the molecule is O=S(=O)(Nc1ccc(Cc2nc3cc(C(F)(F)F)ccc3s2)c(Cl)c1)c1ccccc1. The fourth-order valence-corrected chi connectivity index (χ4v) is 5.25. The van der Waals surface area contributed by atoms with Crippen LogP contribution in [0.2, 0.25) is 5.02 Å². The largest absolute Gasteiger partial charge is 0.416 e. The van der Waals surface area contributed by atoms with E-state index in [-0.39, 0.29) is 10.4 Å². The van der Waals surface area contributed by atoms with Gasteiger partial charge in [0.1, 0.15) is 0 Å². The Hall–Kier alpha value is -2.62. The summed E-state index contributed by atoms with van der Waals surface area (Å²) in [5.74, 6) is 0. The molecule has 0 atom stereocenters. The van der Waals surface area contributed by atoms with Gasteiger partial charge in [0, 0.05) is 11.4 Å². The number of aromatic nitrogens is 1. The van der Waals surface area contributed by atoms with Gasteiger partial charge < -0.3 is 0 Å². The molecular formula is C21H14ClF3N2O2S2. The first-order valence-corrected chi connectivity index (χ1v) is 11.6. The minimum Gasteiger partial charge on any atom is -0.280 e. The van der Waals surface area contributed by atoms with E-state index in [9.17, 15) is 21.6 Å². The molecular weight excluding hydrogens is 469 g/mol. The van der Waals surface area contributed by atoms with E-state index in [0.29, 0.717) is 32.4 Å². The topological polar surface area (TPSA) is 59.1 Å². The molecule has 1 N–H and O–H groups in total. The van der Waals surface area contributed by atoms with Crippen LogP contribution in [0.4, 0.5) is 18.9 Å². The number of alkyl halides is 3. The van der Waals surface area contributed by atoms with E-state index in [1.54, 1.807) is 30.3 Å². The first kappa shape index (κ1) is 21.6. The highest BCUT2D eigenvalue weighted by Gasteiger charge is 2.30. The number of fused-ring (bicyclic) bond motifs is 1. The highest BCUT2D eigenvalue weighted by molar-refractivity contribution is 7.92. The molecule has 0 saturated heterocycles. The second-order valence-electron chi connectivity index (χ2n) is 6.69. The van der Waals surface area contributed by atoms with Crippen molar-refractivity contribution in [2.45, 2.75) is 17.5 Å². The zero-order valence-electron chi connectivity index (χ0n) is 15.7. The molecule has 0 radical (unpaired) electrons. The normalized spacial score (nSPS) is 12.3. The van der Waals surface area contributed by atoms with Crippen molar-refractivity contribution in [1.29, 1.82) is 0 Å². The van der Waals surface area contributed by atoms with Crippen LogP contribution in [0.25, 0.3) is 10.2 Å². The van der Waals surface area contributed by atoms with E-state index in [2.05, 4.69) is 9.71 Å². The molecule has 160 valence electrons. The molecule has 3 aromatic carbocycles. The molecule has 1 aromatic heterocycles. The first-order valence-electron chi connectivity index (χ1n) is 8.95. The predicted molar refractivity (Wildman–Crippen MR) is 116 cm³/mol. The quantitative estimate of drug-likeness (QED) is 0.360. The summed E-state index contributed by atoms with van der Waals surface area (Å²) in [4.78, 5) is 4.42. The molecule has 0 aliphatic carbocycles. The monoisotopic (exact) mass is 482 g/mol. The van der Waals surface area contributed by atoms with Crippen LogP contribution in [-0.2, 0) is 22.6 Å². The van der Waals surface area contributed by atoms with Crippen molar-refractivity contribution in [2.24, 2.45) is 0 Å². The van der Waals surface area contributed by atoms with Crippen LogP contribution in [0, 0.1) is 0 Å². The molecule has 0 bridgehead atoms. The minimum atomic E-state index is -4.43. The third-order valence-electron chi connectivity index (χ3n) is 4.46. The Morgan fingerprint density at radius 1 is 1.00 bits per heavy atom. The van der Waals surface area contributed by atoms with Gasteiger partial charge in [0.15, 0.2) is 0 Å². The van der Waals surface area contributed by atoms with Gasteiger partial charge in [0.05, 0.1) is 31.4 Å². The molecule has 0 fully saturated rings. The Bertz CT molecular complexity index is 1350. The average molecular weight is 483 g/mol. The number of thiazole rings is 1. The number of nitrogens with one attached hydrogen (secondary N) is 1. The predicted octanol–water partition coefficient (Wildman–Crippen LogP) is 6.36. The molecule has 0 saturated carbocycles. The van der Waals surface area contributed by atoms with E-state index in [1.165, 1.54) is 35.6 Å². The average Bonchev–Trinajstić information content (AvgIpc) is 3.11. The van der Waals surface area contributed by atoms with Crippen LogP contribution in [0.15, 0.2) is 71.6 Å². The number of hydrogen-bond donors (Lipinski definition) is 1. The highest BCUT2D eigenvalue weighted by Crippen LogP contribution is 2.34. The van der Waals surface area contributed by atoms with Crippen LogP contribution in [0.5, 0.6) is 0 Å². The molecule has 31 heavy (non-hydrogen) atoms. The van der Waals surface area contributed by atoms with Gasteiger partial charge in [0.25, 0.3) is 10.0 Å². The molecule has 0 amide bonds. The van der Waals surface area contributed by atoms with Crippen molar-refractivity contribution in [2.75, 3.05) is 4.72 Å². The second kappa shape index (κ2) is 8.14. The molecule has 0 aliphatic heterocycles. The summed E-state index contributed by atoms with van der Waals surface area (Å²) in [5.41, 5.74) is 0.513. The first-order chi connectivity index (χ1) is 14.6. The van der Waals surface area contributed by atoms with Crippen LogP contribution >= 0.6 is 22.9 Å². The Balaban J connectivity index is 1.55. The minimum absolute atomic E-state index is 0.128. The molecule has 4 rings (SSSR count). The Labute approximate surface area is 185 Å². The van der Waals surface area contributed by atoms with Crippen LogP contribution in [0.3, 0.4) is 0 Å². The van der Waals surface area contributed by atoms with Gasteiger partial charge in [-0.1, -0.05) is 35.9 Å². The van der Waals surface area contributed by atoms with Gasteiger partial charge in [-0.05, 0) is 48.0 Å². The van der Waals surface area contributed by atoms with Crippen LogP contribution < -0.4 is 4.72 Å². The van der Waals surface area contributed by atoms with Crippen LogP contribution in [-0.4, -0.2) is 13.4 Å². The summed E-state index contributed by atoms with van der Waals surface area (Å²) in [6, 6.07) is 16.1. The van der Waals surface area contributed by atoms with Gasteiger partial charge in [0.2, 0.25) is 0 Å². The van der Waals surface area contributed by atoms with Gasteiger partial charge in [-0.2, -0.15) is 13.2 Å². The van der Waals surface area contributed by atoms with Gasteiger partial charge in [-0.3, -0.25) is 4.72 Å². The van der Waals surface area contributed by atoms with Crippen molar-refractivity contribution in [3.8, 4) is 0 Å². The van der Waals surface area contributed by atoms with E-state index < -0.39 is 21.8 Å². The van der Waals surface area contributed by atoms with E-state index >= 15 is 0 Å². The number of rotatable bonds is 5. The maximum Gasteiger partial charge on any atom is 0.416 e. The van der Waals surface area contributed by atoms with Gasteiger partial charge in [-0.15, -0.1) is 11.3 Å². The number of anilines is 1. The van der Waals surface area contributed by atoms with Crippen molar-refractivity contribution < 1.29 is 21.6 Å². The molecule has 4 nitrogen and oxygen atoms in total. The zero-order valence-corrected chi connectivity index (χ0v) is 18.0. The third-order valence-corrected chi connectivity index (χ3v) is 7.25. The van der Waals surface area contributed by atoms with Crippen molar-refractivity contribution in [1.82, 2.24) is 4.98 Å². The second-order valence-corrected chi connectivity index (χ2v) is 9.89.